The van der Waals surface area contributed by atoms with E-state index >= 15 is 0 Å². The molecule has 0 spiro atoms. The number of nitrogens with one attached hydrogen (secondary N) is 1. The van der Waals surface area contributed by atoms with E-state index in [9.17, 15) is 13.2 Å². The standard InChI is InChI=1S/C14H20BrF3N2/c1-9(2)20(8-14(16,17)18)11-5-6-12(10(3)19-4)13(15)7-11/h5-7,9-10,19H,8H2,1-4H3. The lowest BCUT2D eigenvalue weighted by Crippen LogP contribution is -2.39. The first-order valence-corrected chi connectivity index (χ1v) is 7.25. The Hall–Kier alpha value is -0.750. The molecular weight excluding hydrogens is 333 g/mol. The van der Waals surface area contributed by atoms with Crippen molar-refractivity contribution in [2.75, 3.05) is 18.5 Å². The van der Waals surface area contributed by atoms with Crippen molar-refractivity contribution >= 4 is 21.6 Å². The van der Waals surface area contributed by atoms with Crippen LogP contribution >= 0.6 is 15.9 Å². The highest BCUT2D eigenvalue weighted by Gasteiger charge is 2.32. The van der Waals surface area contributed by atoms with Crippen LogP contribution in [0.1, 0.15) is 32.4 Å². The fourth-order valence-electron chi connectivity index (χ4n) is 1.97. The van der Waals surface area contributed by atoms with Crippen molar-refractivity contribution in [1.29, 1.82) is 0 Å². The molecule has 20 heavy (non-hydrogen) atoms. The number of rotatable bonds is 5. The maximum atomic E-state index is 12.7. The summed E-state index contributed by atoms with van der Waals surface area (Å²) in [5.74, 6) is 0. The highest BCUT2D eigenvalue weighted by molar-refractivity contribution is 9.10. The van der Waals surface area contributed by atoms with Crippen LogP contribution in [0.3, 0.4) is 0 Å². The van der Waals surface area contributed by atoms with Gasteiger partial charge in [-0.1, -0.05) is 22.0 Å². The lowest BCUT2D eigenvalue weighted by molar-refractivity contribution is -0.120. The molecule has 114 valence electrons. The van der Waals surface area contributed by atoms with E-state index in [0.717, 1.165) is 10.0 Å². The van der Waals surface area contributed by atoms with Crippen molar-refractivity contribution in [2.45, 2.75) is 39.0 Å². The van der Waals surface area contributed by atoms with E-state index in [-0.39, 0.29) is 12.1 Å². The van der Waals surface area contributed by atoms with E-state index in [0.29, 0.717) is 5.69 Å². The van der Waals surface area contributed by atoms with Gasteiger partial charge >= 0.3 is 6.18 Å². The molecule has 0 aromatic heterocycles. The van der Waals surface area contributed by atoms with Gasteiger partial charge in [0.05, 0.1) is 0 Å². The lowest BCUT2D eigenvalue weighted by Gasteiger charge is -2.30. The van der Waals surface area contributed by atoms with Crippen LogP contribution in [-0.4, -0.2) is 25.8 Å². The molecule has 1 aromatic carbocycles. The number of nitrogens with zero attached hydrogens (tertiary/aromatic N) is 1. The summed E-state index contributed by atoms with van der Waals surface area (Å²) in [5.41, 5.74) is 1.59. The van der Waals surface area contributed by atoms with Gasteiger partial charge in [0, 0.05) is 22.2 Å². The summed E-state index contributed by atoms with van der Waals surface area (Å²) in [6, 6.07) is 5.24. The maximum absolute atomic E-state index is 12.7. The van der Waals surface area contributed by atoms with E-state index < -0.39 is 12.7 Å². The fraction of sp³-hybridized carbons (Fsp3) is 0.571. The van der Waals surface area contributed by atoms with Crippen LogP contribution in [0.2, 0.25) is 0 Å². The molecule has 1 N–H and O–H groups in total. The Bertz CT molecular complexity index is 447. The van der Waals surface area contributed by atoms with Gasteiger partial charge in [-0.15, -0.1) is 0 Å². The Morgan fingerprint density at radius 2 is 1.85 bits per heavy atom. The molecule has 2 nitrogen and oxygen atoms in total. The fourth-order valence-corrected chi connectivity index (χ4v) is 2.68. The third kappa shape index (κ3) is 4.66. The summed E-state index contributed by atoms with van der Waals surface area (Å²) in [7, 11) is 1.84. The quantitative estimate of drug-likeness (QED) is 0.838. The van der Waals surface area contributed by atoms with E-state index in [1.165, 1.54) is 4.90 Å². The molecule has 0 saturated carbocycles. The van der Waals surface area contributed by atoms with E-state index in [2.05, 4.69) is 21.2 Å². The van der Waals surface area contributed by atoms with E-state index in [1.54, 1.807) is 26.0 Å². The topological polar surface area (TPSA) is 15.3 Å². The van der Waals surface area contributed by atoms with Crippen LogP contribution in [0.4, 0.5) is 18.9 Å². The smallest absolute Gasteiger partial charge is 0.360 e. The van der Waals surface area contributed by atoms with Crippen molar-refractivity contribution in [3.63, 3.8) is 0 Å². The zero-order valence-corrected chi connectivity index (χ0v) is 13.6. The second-order valence-corrected chi connectivity index (χ2v) is 5.91. The van der Waals surface area contributed by atoms with Crippen molar-refractivity contribution < 1.29 is 13.2 Å². The first-order chi connectivity index (χ1) is 9.15. The molecule has 0 aliphatic heterocycles. The Labute approximate surface area is 126 Å². The van der Waals surface area contributed by atoms with Gasteiger partial charge in [-0.05, 0) is 45.5 Å². The van der Waals surface area contributed by atoms with Crippen molar-refractivity contribution in [1.82, 2.24) is 5.32 Å². The zero-order chi connectivity index (χ0) is 15.5. The molecule has 0 saturated heterocycles. The number of hydrogen-bond acceptors (Lipinski definition) is 2. The first-order valence-electron chi connectivity index (χ1n) is 6.45. The van der Waals surface area contributed by atoms with Gasteiger partial charge in [-0.2, -0.15) is 13.2 Å². The average molecular weight is 353 g/mol. The third-order valence-electron chi connectivity index (χ3n) is 3.19. The van der Waals surface area contributed by atoms with Crippen LogP contribution in [0.25, 0.3) is 0 Å². The molecule has 1 unspecified atom stereocenters. The highest BCUT2D eigenvalue weighted by atomic mass is 79.9. The molecule has 0 radical (unpaired) electrons. The third-order valence-corrected chi connectivity index (χ3v) is 3.87. The number of anilines is 1. The molecular formula is C14H20BrF3N2. The van der Waals surface area contributed by atoms with E-state index in [4.69, 9.17) is 0 Å². The number of benzene rings is 1. The van der Waals surface area contributed by atoms with Crippen molar-refractivity contribution in [2.24, 2.45) is 0 Å². The van der Waals surface area contributed by atoms with Crippen LogP contribution in [0, 0.1) is 0 Å². The molecule has 0 bridgehead atoms. The lowest BCUT2D eigenvalue weighted by atomic mass is 10.1. The van der Waals surface area contributed by atoms with Gasteiger partial charge in [0.2, 0.25) is 0 Å². The summed E-state index contributed by atoms with van der Waals surface area (Å²) in [6.45, 7) is 4.56. The Morgan fingerprint density at radius 1 is 1.25 bits per heavy atom. The predicted molar refractivity (Wildman–Crippen MR) is 80.2 cm³/mol. The summed E-state index contributed by atoms with van der Waals surface area (Å²) >= 11 is 3.44. The second-order valence-electron chi connectivity index (χ2n) is 5.05. The summed E-state index contributed by atoms with van der Waals surface area (Å²) in [6.07, 6.45) is -4.21. The minimum absolute atomic E-state index is 0.133. The van der Waals surface area contributed by atoms with E-state index in [1.807, 2.05) is 20.0 Å². The first kappa shape index (κ1) is 17.3. The number of hydrogen-bond donors (Lipinski definition) is 1. The van der Waals surface area contributed by atoms with Crippen LogP contribution in [-0.2, 0) is 0 Å². The van der Waals surface area contributed by atoms with Gasteiger partial charge in [-0.25, -0.2) is 0 Å². The molecule has 0 amide bonds. The summed E-state index contributed by atoms with van der Waals surface area (Å²) < 4.78 is 38.8. The monoisotopic (exact) mass is 352 g/mol. The van der Waals surface area contributed by atoms with Gasteiger partial charge in [-0.3, -0.25) is 0 Å². The molecule has 1 aromatic rings. The normalized spacial score (nSPS) is 13.7. The Balaban J connectivity index is 3.07. The van der Waals surface area contributed by atoms with Crippen LogP contribution in [0.15, 0.2) is 22.7 Å². The van der Waals surface area contributed by atoms with Crippen molar-refractivity contribution in [3.05, 3.63) is 28.2 Å². The number of halogens is 4. The highest BCUT2D eigenvalue weighted by Crippen LogP contribution is 2.30. The number of alkyl halides is 3. The summed E-state index contributed by atoms with van der Waals surface area (Å²) in [4.78, 5) is 1.35. The molecule has 6 heteroatoms. The SMILES string of the molecule is CNC(C)c1ccc(N(CC(F)(F)F)C(C)C)cc1Br. The summed E-state index contributed by atoms with van der Waals surface area (Å²) in [5, 5.41) is 3.11. The molecule has 0 aliphatic carbocycles. The van der Waals surface area contributed by atoms with Crippen LogP contribution in [0.5, 0.6) is 0 Å². The Kier molecular flexibility index (Phi) is 5.89. The van der Waals surface area contributed by atoms with Gasteiger partial charge in [0.15, 0.2) is 0 Å². The molecule has 0 aliphatic rings. The zero-order valence-electron chi connectivity index (χ0n) is 12.1. The Morgan fingerprint density at radius 3 is 2.25 bits per heavy atom. The van der Waals surface area contributed by atoms with Crippen LogP contribution < -0.4 is 10.2 Å². The van der Waals surface area contributed by atoms with Gasteiger partial charge in [0.25, 0.3) is 0 Å². The van der Waals surface area contributed by atoms with Gasteiger partial charge < -0.3 is 10.2 Å². The largest absolute Gasteiger partial charge is 0.405 e. The predicted octanol–water partition coefficient (Wildman–Crippen LogP) is 4.51. The minimum atomic E-state index is -4.21. The molecule has 1 atom stereocenters. The van der Waals surface area contributed by atoms with Gasteiger partial charge in [0.1, 0.15) is 6.54 Å². The molecule has 0 fully saturated rings. The molecule has 0 heterocycles. The maximum Gasteiger partial charge on any atom is 0.405 e. The second kappa shape index (κ2) is 6.80. The minimum Gasteiger partial charge on any atom is -0.360 e. The molecule has 1 rings (SSSR count). The van der Waals surface area contributed by atoms with Crippen molar-refractivity contribution in [3.8, 4) is 0 Å². The average Bonchev–Trinajstić information content (AvgIpc) is 2.33.